The summed E-state index contributed by atoms with van der Waals surface area (Å²) >= 11 is 0. The lowest BCUT2D eigenvalue weighted by atomic mass is 10.2. The first-order valence-corrected chi connectivity index (χ1v) is 5.03. The second-order valence-electron chi connectivity index (χ2n) is 4.06. The molecule has 1 unspecified atom stereocenters. The van der Waals surface area contributed by atoms with Crippen LogP contribution < -0.4 is 5.73 Å². The van der Waals surface area contributed by atoms with Gasteiger partial charge in [-0.1, -0.05) is 6.92 Å². The molecule has 14 heavy (non-hydrogen) atoms. The summed E-state index contributed by atoms with van der Waals surface area (Å²) in [5, 5.41) is 0. The van der Waals surface area contributed by atoms with Crippen LogP contribution in [0.1, 0.15) is 19.0 Å². The zero-order valence-electron chi connectivity index (χ0n) is 8.48. The molecule has 0 bridgehead atoms. The van der Waals surface area contributed by atoms with Crippen molar-refractivity contribution in [2.45, 2.75) is 19.9 Å². The Hall–Kier alpha value is -1.16. The molecule has 76 valence electrons. The number of rotatable bonds is 2. The van der Waals surface area contributed by atoms with Crippen LogP contribution in [0.3, 0.4) is 0 Å². The Morgan fingerprint density at radius 1 is 1.50 bits per heavy atom. The van der Waals surface area contributed by atoms with Crippen LogP contribution in [0.25, 0.3) is 0 Å². The normalized spacial score (nSPS) is 22.8. The lowest BCUT2D eigenvalue weighted by Crippen LogP contribution is -2.20. The molecule has 1 aliphatic heterocycles. The van der Waals surface area contributed by atoms with Gasteiger partial charge in [0, 0.05) is 13.1 Å². The van der Waals surface area contributed by atoms with Gasteiger partial charge in [0.1, 0.15) is 5.82 Å². The van der Waals surface area contributed by atoms with Crippen LogP contribution >= 0.6 is 0 Å². The van der Waals surface area contributed by atoms with Crippen LogP contribution in [0.15, 0.2) is 12.4 Å². The van der Waals surface area contributed by atoms with Gasteiger partial charge in [0.15, 0.2) is 0 Å². The Morgan fingerprint density at radius 3 is 2.93 bits per heavy atom. The highest BCUT2D eigenvalue weighted by Crippen LogP contribution is 2.16. The van der Waals surface area contributed by atoms with E-state index in [1.54, 1.807) is 12.4 Å². The van der Waals surface area contributed by atoms with E-state index in [-0.39, 0.29) is 0 Å². The van der Waals surface area contributed by atoms with Gasteiger partial charge in [-0.05, 0) is 18.9 Å². The summed E-state index contributed by atoms with van der Waals surface area (Å²) in [6.07, 6.45) is 4.68. The van der Waals surface area contributed by atoms with Crippen molar-refractivity contribution in [1.82, 2.24) is 14.9 Å². The Morgan fingerprint density at radius 2 is 2.36 bits per heavy atom. The van der Waals surface area contributed by atoms with Gasteiger partial charge in [-0.2, -0.15) is 0 Å². The molecule has 0 spiro atoms. The molecule has 0 aromatic carbocycles. The molecule has 1 fully saturated rings. The van der Waals surface area contributed by atoms with Gasteiger partial charge in [-0.3, -0.25) is 9.88 Å². The topological polar surface area (TPSA) is 55.0 Å². The minimum Gasteiger partial charge on any atom is -0.382 e. The maximum atomic E-state index is 5.47. The van der Waals surface area contributed by atoms with E-state index in [0.717, 1.165) is 18.2 Å². The van der Waals surface area contributed by atoms with Crippen LogP contribution in [0.5, 0.6) is 0 Å². The molecule has 0 saturated carbocycles. The van der Waals surface area contributed by atoms with E-state index in [0.29, 0.717) is 5.82 Å². The van der Waals surface area contributed by atoms with Gasteiger partial charge >= 0.3 is 0 Å². The number of likely N-dealkylation sites (tertiary alicyclic amines) is 1. The van der Waals surface area contributed by atoms with Crippen molar-refractivity contribution in [3.05, 3.63) is 18.1 Å². The first kappa shape index (κ1) is 9.40. The van der Waals surface area contributed by atoms with Crippen molar-refractivity contribution in [2.75, 3.05) is 18.8 Å². The number of nitrogens with two attached hydrogens (primary N) is 1. The second kappa shape index (κ2) is 3.92. The van der Waals surface area contributed by atoms with Gasteiger partial charge < -0.3 is 5.73 Å². The van der Waals surface area contributed by atoms with E-state index in [4.69, 9.17) is 5.73 Å². The van der Waals surface area contributed by atoms with E-state index >= 15 is 0 Å². The van der Waals surface area contributed by atoms with E-state index in [1.165, 1.54) is 19.5 Å². The summed E-state index contributed by atoms with van der Waals surface area (Å²) < 4.78 is 0. The molecule has 1 aromatic rings. The average molecular weight is 192 g/mol. The quantitative estimate of drug-likeness (QED) is 0.756. The highest BCUT2D eigenvalue weighted by atomic mass is 15.2. The third-order valence-electron chi connectivity index (χ3n) is 2.62. The highest BCUT2D eigenvalue weighted by molar-refractivity contribution is 5.22. The molecule has 4 nitrogen and oxygen atoms in total. The molecule has 0 amide bonds. The summed E-state index contributed by atoms with van der Waals surface area (Å²) in [7, 11) is 0. The molecule has 2 heterocycles. The predicted molar refractivity (Wildman–Crippen MR) is 55.5 cm³/mol. The largest absolute Gasteiger partial charge is 0.382 e. The first-order chi connectivity index (χ1) is 6.74. The lowest BCUT2D eigenvalue weighted by Gasteiger charge is -2.13. The van der Waals surface area contributed by atoms with Gasteiger partial charge in [0.05, 0.1) is 18.1 Å². The number of hydrogen-bond acceptors (Lipinski definition) is 4. The number of nitrogen functional groups attached to an aromatic ring is 1. The van der Waals surface area contributed by atoms with Crippen LogP contribution in [-0.2, 0) is 6.54 Å². The number of aromatic nitrogens is 2. The van der Waals surface area contributed by atoms with E-state index in [1.807, 2.05) is 0 Å². The van der Waals surface area contributed by atoms with E-state index < -0.39 is 0 Å². The number of anilines is 1. The molecule has 0 aliphatic carbocycles. The monoisotopic (exact) mass is 192 g/mol. The summed E-state index contributed by atoms with van der Waals surface area (Å²) in [5.41, 5.74) is 6.48. The highest BCUT2D eigenvalue weighted by Gasteiger charge is 2.18. The predicted octanol–water partition coefficient (Wildman–Crippen LogP) is 0.901. The van der Waals surface area contributed by atoms with Gasteiger partial charge in [0.2, 0.25) is 0 Å². The average Bonchev–Trinajstić information content (AvgIpc) is 2.56. The number of hydrogen-bond donors (Lipinski definition) is 1. The summed E-state index contributed by atoms with van der Waals surface area (Å²) in [6, 6.07) is 0. The fourth-order valence-corrected chi connectivity index (χ4v) is 1.85. The standard InChI is InChI=1S/C10H16N4/c1-8-2-3-14(6-8)7-9-4-13-10(11)5-12-9/h4-5,8H,2-3,6-7H2,1H3,(H2,11,13). The van der Waals surface area contributed by atoms with Crippen molar-refractivity contribution in [3.63, 3.8) is 0 Å². The zero-order chi connectivity index (χ0) is 9.97. The third-order valence-corrected chi connectivity index (χ3v) is 2.62. The van der Waals surface area contributed by atoms with Crippen LogP contribution in [0.4, 0.5) is 5.82 Å². The van der Waals surface area contributed by atoms with E-state index in [9.17, 15) is 0 Å². The van der Waals surface area contributed by atoms with Crippen molar-refractivity contribution < 1.29 is 0 Å². The minimum absolute atomic E-state index is 0.489. The fraction of sp³-hybridized carbons (Fsp3) is 0.600. The van der Waals surface area contributed by atoms with Gasteiger partial charge in [-0.15, -0.1) is 0 Å². The maximum absolute atomic E-state index is 5.47. The molecular weight excluding hydrogens is 176 g/mol. The zero-order valence-corrected chi connectivity index (χ0v) is 8.48. The Labute approximate surface area is 84.2 Å². The Kier molecular flexibility index (Phi) is 2.63. The van der Waals surface area contributed by atoms with Crippen LogP contribution in [-0.4, -0.2) is 28.0 Å². The molecule has 0 radical (unpaired) electrons. The SMILES string of the molecule is CC1CCN(Cc2cnc(N)cn2)C1. The van der Waals surface area contributed by atoms with Crippen LogP contribution in [0.2, 0.25) is 0 Å². The summed E-state index contributed by atoms with van der Waals surface area (Å²) in [4.78, 5) is 10.7. The van der Waals surface area contributed by atoms with E-state index in [2.05, 4.69) is 21.8 Å². The van der Waals surface area contributed by atoms with Crippen molar-refractivity contribution >= 4 is 5.82 Å². The number of nitrogens with zero attached hydrogens (tertiary/aromatic N) is 3. The first-order valence-electron chi connectivity index (χ1n) is 5.03. The molecule has 2 N–H and O–H groups in total. The van der Waals surface area contributed by atoms with Crippen LogP contribution in [0, 0.1) is 5.92 Å². The minimum atomic E-state index is 0.489. The van der Waals surface area contributed by atoms with Crippen molar-refractivity contribution in [2.24, 2.45) is 5.92 Å². The molecule has 1 saturated heterocycles. The molecule has 1 atom stereocenters. The molecule has 1 aromatic heterocycles. The Bertz CT molecular complexity index is 295. The van der Waals surface area contributed by atoms with Gasteiger partial charge in [0.25, 0.3) is 0 Å². The Balaban J connectivity index is 1.94. The van der Waals surface area contributed by atoms with Crippen molar-refractivity contribution in [3.8, 4) is 0 Å². The van der Waals surface area contributed by atoms with Gasteiger partial charge in [-0.25, -0.2) is 4.98 Å². The fourth-order valence-electron chi connectivity index (χ4n) is 1.85. The maximum Gasteiger partial charge on any atom is 0.141 e. The molecular formula is C10H16N4. The van der Waals surface area contributed by atoms with Crippen molar-refractivity contribution in [1.29, 1.82) is 0 Å². The smallest absolute Gasteiger partial charge is 0.141 e. The third kappa shape index (κ3) is 2.20. The lowest BCUT2D eigenvalue weighted by molar-refractivity contribution is 0.316. The molecule has 2 rings (SSSR count). The molecule has 1 aliphatic rings. The summed E-state index contributed by atoms with van der Waals surface area (Å²) in [5.74, 6) is 1.31. The summed E-state index contributed by atoms with van der Waals surface area (Å²) in [6.45, 7) is 5.53. The molecule has 4 heteroatoms. The second-order valence-corrected chi connectivity index (χ2v) is 4.06.